The molecular weight excluding hydrogens is 290 g/mol. The summed E-state index contributed by atoms with van der Waals surface area (Å²) in [6, 6.07) is 0. The normalized spacial score (nSPS) is 16.4. The van der Waals surface area contributed by atoms with Gasteiger partial charge in [0.1, 0.15) is 0 Å². The molecule has 0 spiro atoms. The molecule has 0 radical (unpaired) electrons. The molecule has 7 heteroatoms. The van der Waals surface area contributed by atoms with Crippen molar-refractivity contribution in [1.29, 1.82) is 0 Å². The summed E-state index contributed by atoms with van der Waals surface area (Å²) in [5, 5.41) is 8.31. The molecule has 0 unspecified atom stereocenters. The third-order valence-corrected chi connectivity index (χ3v) is 5.03. The number of anilines is 1. The monoisotopic (exact) mass is 309 g/mol. The van der Waals surface area contributed by atoms with Crippen LogP contribution in [0.5, 0.6) is 0 Å². The van der Waals surface area contributed by atoms with E-state index in [9.17, 15) is 0 Å². The van der Waals surface area contributed by atoms with E-state index in [0.717, 1.165) is 35.5 Å². The molecule has 0 amide bonds. The zero-order chi connectivity index (χ0) is 13.9. The van der Waals surface area contributed by atoms with Crippen LogP contribution in [-0.4, -0.2) is 32.8 Å². The Balaban J connectivity index is 1.87. The number of nitrogens with zero attached hydrogens (tertiary/aromatic N) is 4. The van der Waals surface area contributed by atoms with E-state index in [-0.39, 0.29) is 0 Å². The maximum absolute atomic E-state index is 5.24. The average molecular weight is 309 g/mol. The highest BCUT2D eigenvalue weighted by atomic mass is 32.1. The molecule has 3 heterocycles. The number of hydrogen-bond acceptors (Lipinski definition) is 5. The van der Waals surface area contributed by atoms with Gasteiger partial charge in [-0.25, -0.2) is 4.98 Å². The van der Waals surface area contributed by atoms with Crippen LogP contribution in [0.25, 0.3) is 10.7 Å². The smallest absolute Gasteiger partial charge is 0.195 e. The van der Waals surface area contributed by atoms with E-state index in [2.05, 4.69) is 27.0 Å². The SMILES string of the molecule is CCn1c(-c2cnc(N3CCCCCC3)s2)n[nH]c1=S. The third-order valence-electron chi connectivity index (χ3n) is 3.66. The van der Waals surface area contributed by atoms with Crippen molar-refractivity contribution >= 4 is 28.7 Å². The van der Waals surface area contributed by atoms with Gasteiger partial charge in [0.25, 0.3) is 0 Å². The van der Waals surface area contributed by atoms with Crippen LogP contribution in [0.4, 0.5) is 5.13 Å². The van der Waals surface area contributed by atoms with Crippen molar-refractivity contribution in [3.8, 4) is 10.7 Å². The highest BCUT2D eigenvalue weighted by Crippen LogP contribution is 2.31. The molecule has 3 rings (SSSR count). The molecule has 0 aromatic carbocycles. The van der Waals surface area contributed by atoms with Crippen LogP contribution in [0, 0.1) is 4.77 Å². The van der Waals surface area contributed by atoms with Gasteiger partial charge in [-0.15, -0.1) is 0 Å². The Morgan fingerprint density at radius 3 is 2.75 bits per heavy atom. The zero-order valence-electron chi connectivity index (χ0n) is 11.6. The molecule has 2 aromatic heterocycles. The molecule has 1 N–H and O–H groups in total. The lowest BCUT2D eigenvalue weighted by Gasteiger charge is -2.18. The van der Waals surface area contributed by atoms with Crippen molar-refractivity contribution in [2.24, 2.45) is 0 Å². The summed E-state index contributed by atoms with van der Waals surface area (Å²) >= 11 is 6.95. The van der Waals surface area contributed by atoms with E-state index in [0.29, 0.717) is 4.77 Å². The van der Waals surface area contributed by atoms with Crippen LogP contribution in [0.15, 0.2) is 6.20 Å². The molecule has 0 aliphatic carbocycles. The van der Waals surface area contributed by atoms with Gasteiger partial charge in [0.15, 0.2) is 15.7 Å². The van der Waals surface area contributed by atoms with Crippen LogP contribution in [-0.2, 0) is 6.54 Å². The van der Waals surface area contributed by atoms with Gasteiger partial charge in [-0.3, -0.25) is 9.67 Å². The first kappa shape index (κ1) is 13.8. The number of nitrogens with one attached hydrogen (secondary N) is 1. The number of hydrogen-bond donors (Lipinski definition) is 1. The predicted octanol–water partition coefficient (Wildman–Crippen LogP) is 3.46. The van der Waals surface area contributed by atoms with Gasteiger partial charge in [0.05, 0.1) is 11.1 Å². The quantitative estimate of drug-likeness (QED) is 0.882. The van der Waals surface area contributed by atoms with Gasteiger partial charge in [-0.2, -0.15) is 5.10 Å². The lowest BCUT2D eigenvalue weighted by atomic mass is 10.2. The summed E-state index contributed by atoms with van der Waals surface area (Å²) in [6.07, 6.45) is 7.12. The molecule has 0 atom stereocenters. The standard InChI is InChI=1S/C13H19N5S2/c1-2-18-11(15-16-12(18)19)10-9-14-13(20-10)17-7-5-3-4-6-8-17/h9H,2-8H2,1H3,(H,16,19). The van der Waals surface area contributed by atoms with Crippen molar-refractivity contribution < 1.29 is 0 Å². The molecule has 1 saturated heterocycles. The summed E-state index contributed by atoms with van der Waals surface area (Å²) in [5.74, 6) is 0.899. The van der Waals surface area contributed by atoms with Crippen molar-refractivity contribution in [3.63, 3.8) is 0 Å². The van der Waals surface area contributed by atoms with E-state index in [1.165, 1.54) is 25.7 Å². The molecular formula is C13H19N5S2. The van der Waals surface area contributed by atoms with E-state index >= 15 is 0 Å². The summed E-state index contributed by atoms with van der Waals surface area (Å²) in [6.45, 7) is 5.13. The molecule has 0 bridgehead atoms. The lowest BCUT2D eigenvalue weighted by Crippen LogP contribution is -2.23. The maximum Gasteiger partial charge on any atom is 0.195 e. The van der Waals surface area contributed by atoms with Gasteiger partial charge in [0.2, 0.25) is 0 Å². The Hall–Kier alpha value is -1.21. The number of rotatable bonds is 3. The summed E-state index contributed by atoms with van der Waals surface area (Å²) < 4.78 is 2.68. The molecule has 1 aliphatic rings. The average Bonchev–Trinajstić information content (AvgIpc) is 2.97. The Morgan fingerprint density at radius 1 is 1.30 bits per heavy atom. The highest BCUT2D eigenvalue weighted by molar-refractivity contribution is 7.71. The van der Waals surface area contributed by atoms with Crippen molar-refractivity contribution in [2.75, 3.05) is 18.0 Å². The second-order valence-electron chi connectivity index (χ2n) is 5.00. The van der Waals surface area contributed by atoms with Gasteiger partial charge >= 0.3 is 0 Å². The van der Waals surface area contributed by atoms with E-state index in [1.54, 1.807) is 11.3 Å². The van der Waals surface area contributed by atoms with Gasteiger partial charge in [-0.1, -0.05) is 24.2 Å². The van der Waals surface area contributed by atoms with Gasteiger partial charge in [-0.05, 0) is 32.0 Å². The predicted molar refractivity (Wildman–Crippen MR) is 84.9 cm³/mol. The van der Waals surface area contributed by atoms with Crippen LogP contribution in [0.1, 0.15) is 32.6 Å². The highest BCUT2D eigenvalue weighted by Gasteiger charge is 2.16. The lowest BCUT2D eigenvalue weighted by molar-refractivity contribution is 0.726. The topological polar surface area (TPSA) is 49.7 Å². The fourth-order valence-electron chi connectivity index (χ4n) is 2.58. The van der Waals surface area contributed by atoms with Crippen LogP contribution in [0.2, 0.25) is 0 Å². The Labute approximate surface area is 127 Å². The van der Waals surface area contributed by atoms with E-state index in [4.69, 9.17) is 12.2 Å². The minimum Gasteiger partial charge on any atom is -0.348 e. The van der Waals surface area contributed by atoms with Crippen LogP contribution < -0.4 is 4.90 Å². The first-order valence-corrected chi connectivity index (χ1v) is 8.38. The number of aromatic nitrogens is 4. The second-order valence-corrected chi connectivity index (χ2v) is 6.40. The zero-order valence-corrected chi connectivity index (χ0v) is 13.3. The van der Waals surface area contributed by atoms with Gasteiger partial charge in [0, 0.05) is 19.6 Å². The minimum absolute atomic E-state index is 0.673. The number of H-pyrrole nitrogens is 1. The van der Waals surface area contributed by atoms with Crippen molar-refractivity contribution in [3.05, 3.63) is 11.0 Å². The molecule has 5 nitrogen and oxygen atoms in total. The second kappa shape index (κ2) is 6.05. The van der Waals surface area contributed by atoms with Gasteiger partial charge < -0.3 is 4.90 Å². The van der Waals surface area contributed by atoms with E-state index in [1.807, 2.05) is 10.8 Å². The first-order valence-electron chi connectivity index (χ1n) is 7.16. The fraction of sp³-hybridized carbons (Fsp3) is 0.615. The number of aromatic amines is 1. The van der Waals surface area contributed by atoms with Crippen molar-refractivity contribution in [2.45, 2.75) is 39.2 Å². The summed E-state index contributed by atoms with van der Waals surface area (Å²) in [7, 11) is 0. The minimum atomic E-state index is 0.673. The summed E-state index contributed by atoms with van der Waals surface area (Å²) in [4.78, 5) is 8.07. The van der Waals surface area contributed by atoms with Crippen LogP contribution in [0.3, 0.4) is 0 Å². The Morgan fingerprint density at radius 2 is 2.05 bits per heavy atom. The first-order chi connectivity index (χ1) is 9.79. The van der Waals surface area contributed by atoms with Crippen molar-refractivity contribution in [1.82, 2.24) is 19.7 Å². The molecule has 2 aromatic rings. The fourth-order valence-corrected chi connectivity index (χ4v) is 3.80. The third kappa shape index (κ3) is 2.64. The molecule has 0 saturated carbocycles. The Kier molecular flexibility index (Phi) is 4.16. The molecule has 108 valence electrons. The van der Waals surface area contributed by atoms with Crippen LogP contribution >= 0.6 is 23.6 Å². The van der Waals surface area contributed by atoms with E-state index < -0.39 is 0 Å². The molecule has 1 fully saturated rings. The maximum atomic E-state index is 5.24. The Bertz CT molecular complexity index is 619. The number of thiazole rings is 1. The molecule has 20 heavy (non-hydrogen) atoms. The summed E-state index contributed by atoms with van der Waals surface area (Å²) in [5.41, 5.74) is 0. The largest absolute Gasteiger partial charge is 0.348 e. The molecule has 1 aliphatic heterocycles.